The first kappa shape index (κ1) is 16.4. The van der Waals surface area contributed by atoms with E-state index in [1.54, 1.807) is 37.3 Å². The predicted molar refractivity (Wildman–Crippen MR) is 74.8 cm³/mol. The van der Waals surface area contributed by atoms with Gasteiger partial charge >= 0.3 is 13.5 Å². The summed E-state index contributed by atoms with van der Waals surface area (Å²) in [5.41, 5.74) is 0. The van der Waals surface area contributed by atoms with Crippen molar-refractivity contribution in [3.8, 4) is 5.75 Å². The van der Waals surface area contributed by atoms with Crippen molar-refractivity contribution in [2.45, 2.75) is 19.9 Å². The zero-order valence-corrected chi connectivity index (χ0v) is 12.3. The van der Waals surface area contributed by atoms with Crippen LogP contribution >= 0.6 is 7.52 Å². The Hall–Kier alpha value is -1.65. The normalized spacial score (nSPS) is 14.9. The second-order valence-electron chi connectivity index (χ2n) is 4.03. The van der Waals surface area contributed by atoms with E-state index in [1.165, 1.54) is 6.92 Å². The van der Waals surface area contributed by atoms with Gasteiger partial charge in [0, 0.05) is 0 Å². The molecular weight excluding hydrogens is 281 g/mol. The number of nitrogens with one attached hydrogen (secondary N) is 1. The van der Waals surface area contributed by atoms with Crippen LogP contribution < -0.4 is 9.61 Å². The zero-order valence-electron chi connectivity index (χ0n) is 11.4. The fourth-order valence-electron chi connectivity index (χ4n) is 1.48. The molecule has 6 nitrogen and oxygen atoms in total. The Bertz CT molecular complexity index is 491. The molecule has 0 aliphatic heterocycles. The summed E-state index contributed by atoms with van der Waals surface area (Å²) in [5.74, 6) is -0.184. The SMILES string of the molecule is CCOC(=O)[C@H](C)NP(=O)(CC=O)Oc1ccccc1. The van der Waals surface area contributed by atoms with E-state index in [2.05, 4.69) is 5.09 Å². The van der Waals surface area contributed by atoms with E-state index in [9.17, 15) is 14.2 Å². The molecule has 110 valence electrons. The molecule has 7 heteroatoms. The lowest BCUT2D eigenvalue weighted by Crippen LogP contribution is -2.35. The number of carbonyl (C=O) groups is 2. The largest absolute Gasteiger partial charge is 0.465 e. The van der Waals surface area contributed by atoms with Crippen molar-refractivity contribution in [2.24, 2.45) is 0 Å². The molecule has 0 amide bonds. The van der Waals surface area contributed by atoms with Gasteiger partial charge in [0.2, 0.25) is 0 Å². The topological polar surface area (TPSA) is 81.7 Å². The molecular formula is C13H18NO5P. The molecule has 1 N–H and O–H groups in total. The lowest BCUT2D eigenvalue weighted by Gasteiger charge is -2.21. The quantitative estimate of drug-likeness (QED) is 0.449. The smallest absolute Gasteiger partial charge is 0.324 e. The van der Waals surface area contributed by atoms with E-state index in [1.807, 2.05) is 0 Å². The van der Waals surface area contributed by atoms with Crippen LogP contribution in [0.15, 0.2) is 30.3 Å². The highest BCUT2D eigenvalue weighted by Crippen LogP contribution is 2.42. The molecule has 1 aromatic carbocycles. The number of para-hydroxylation sites is 1. The third kappa shape index (κ3) is 5.15. The Morgan fingerprint density at radius 1 is 1.40 bits per heavy atom. The van der Waals surface area contributed by atoms with Gasteiger partial charge in [0.05, 0.1) is 6.61 Å². The third-order valence-corrected chi connectivity index (χ3v) is 4.26. The number of rotatable bonds is 8. The van der Waals surface area contributed by atoms with E-state index in [0.717, 1.165) is 0 Å². The molecule has 0 saturated heterocycles. The first-order chi connectivity index (χ1) is 9.50. The van der Waals surface area contributed by atoms with E-state index in [0.29, 0.717) is 12.0 Å². The van der Waals surface area contributed by atoms with Crippen molar-refractivity contribution in [1.29, 1.82) is 0 Å². The summed E-state index contributed by atoms with van der Waals surface area (Å²) >= 11 is 0. The number of esters is 1. The molecule has 0 saturated carbocycles. The highest BCUT2D eigenvalue weighted by molar-refractivity contribution is 7.58. The van der Waals surface area contributed by atoms with E-state index >= 15 is 0 Å². The van der Waals surface area contributed by atoms with Gasteiger partial charge in [-0.15, -0.1) is 0 Å². The molecule has 0 aliphatic rings. The molecule has 0 aliphatic carbocycles. The molecule has 0 heterocycles. The maximum atomic E-state index is 12.5. The van der Waals surface area contributed by atoms with E-state index in [4.69, 9.17) is 9.26 Å². The Kier molecular flexibility index (Phi) is 6.42. The lowest BCUT2D eigenvalue weighted by atomic mass is 10.3. The standard InChI is InChI=1S/C13H18NO5P/c1-3-18-13(16)11(2)14-20(17,10-9-15)19-12-7-5-4-6-8-12/h4-9,11H,3,10H2,1-2H3,(H,14,17)/t11-,20?/m0/s1. The van der Waals surface area contributed by atoms with Crippen LogP contribution in [0.25, 0.3) is 0 Å². The molecule has 0 aromatic heterocycles. The number of carbonyl (C=O) groups excluding carboxylic acids is 2. The molecule has 1 aromatic rings. The number of ether oxygens (including phenoxy) is 1. The van der Waals surface area contributed by atoms with Crippen LogP contribution in [0.3, 0.4) is 0 Å². The molecule has 0 fully saturated rings. The fourth-order valence-corrected chi connectivity index (χ4v) is 3.07. The van der Waals surface area contributed by atoms with Gasteiger partial charge in [-0.05, 0) is 26.0 Å². The van der Waals surface area contributed by atoms with Gasteiger partial charge in [-0.3, -0.25) is 9.36 Å². The van der Waals surface area contributed by atoms with Gasteiger partial charge in [-0.1, -0.05) is 18.2 Å². The van der Waals surface area contributed by atoms with Crippen LogP contribution in [0.1, 0.15) is 13.8 Å². The maximum absolute atomic E-state index is 12.5. The second-order valence-corrected chi connectivity index (χ2v) is 6.18. The van der Waals surface area contributed by atoms with Gasteiger partial charge in [0.25, 0.3) is 0 Å². The molecule has 1 rings (SSSR count). The van der Waals surface area contributed by atoms with Gasteiger partial charge in [0.15, 0.2) is 0 Å². The Morgan fingerprint density at radius 2 is 2.05 bits per heavy atom. The van der Waals surface area contributed by atoms with Gasteiger partial charge in [-0.2, -0.15) is 0 Å². The lowest BCUT2D eigenvalue weighted by molar-refractivity contribution is -0.144. The van der Waals surface area contributed by atoms with Gasteiger partial charge in [0.1, 0.15) is 24.2 Å². The number of hydrogen-bond acceptors (Lipinski definition) is 5. The summed E-state index contributed by atoms with van der Waals surface area (Å²) in [7, 11) is -3.49. The van der Waals surface area contributed by atoms with Gasteiger partial charge in [-0.25, -0.2) is 5.09 Å². The van der Waals surface area contributed by atoms with Crippen molar-refractivity contribution in [2.75, 3.05) is 12.8 Å². The monoisotopic (exact) mass is 299 g/mol. The summed E-state index contributed by atoms with van der Waals surface area (Å²) in [6.45, 7) is 3.41. The van der Waals surface area contributed by atoms with Crippen LogP contribution in [-0.2, 0) is 18.9 Å². The molecule has 20 heavy (non-hydrogen) atoms. The molecule has 0 bridgehead atoms. The van der Waals surface area contributed by atoms with Crippen LogP contribution in [0.4, 0.5) is 0 Å². The average molecular weight is 299 g/mol. The first-order valence-electron chi connectivity index (χ1n) is 6.22. The van der Waals surface area contributed by atoms with Crippen molar-refractivity contribution >= 4 is 19.8 Å². The van der Waals surface area contributed by atoms with Crippen LogP contribution in [0.2, 0.25) is 0 Å². The molecule has 0 radical (unpaired) electrons. The number of hydrogen-bond donors (Lipinski definition) is 1. The van der Waals surface area contributed by atoms with E-state index in [-0.39, 0.29) is 12.8 Å². The third-order valence-electron chi connectivity index (χ3n) is 2.34. The molecule has 2 atom stereocenters. The summed E-state index contributed by atoms with van der Waals surface area (Å²) in [6.07, 6.45) is 0.167. The summed E-state index contributed by atoms with van der Waals surface area (Å²) in [4.78, 5) is 22.2. The summed E-state index contributed by atoms with van der Waals surface area (Å²) < 4.78 is 22.7. The fraction of sp³-hybridized carbons (Fsp3) is 0.385. The van der Waals surface area contributed by atoms with Crippen molar-refractivity contribution < 1.29 is 23.4 Å². The average Bonchev–Trinajstić information content (AvgIpc) is 2.40. The van der Waals surface area contributed by atoms with Crippen molar-refractivity contribution in [3.05, 3.63) is 30.3 Å². The highest BCUT2D eigenvalue weighted by atomic mass is 31.2. The zero-order chi connectivity index (χ0) is 15.0. The van der Waals surface area contributed by atoms with Crippen molar-refractivity contribution in [1.82, 2.24) is 5.09 Å². The summed E-state index contributed by atoms with van der Waals surface area (Å²) in [6, 6.07) is 7.63. The molecule has 1 unspecified atom stereocenters. The second kappa shape index (κ2) is 7.82. The van der Waals surface area contributed by atoms with Gasteiger partial charge < -0.3 is 14.1 Å². The minimum absolute atomic E-state index is 0.225. The number of benzene rings is 1. The molecule has 0 spiro atoms. The van der Waals surface area contributed by atoms with Crippen LogP contribution in [-0.4, -0.2) is 31.1 Å². The Balaban J connectivity index is 2.78. The van der Waals surface area contributed by atoms with Crippen LogP contribution in [0.5, 0.6) is 5.75 Å². The minimum atomic E-state index is -3.49. The summed E-state index contributed by atoms with van der Waals surface area (Å²) in [5, 5.41) is 2.55. The maximum Gasteiger partial charge on any atom is 0.324 e. The van der Waals surface area contributed by atoms with Crippen LogP contribution in [0, 0.1) is 0 Å². The van der Waals surface area contributed by atoms with E-state index < -0.39 is 19.5 Å². The minimum Gasteiger partial charge on any atom is -0.465 e. The first-order valence-corrected chi connectivity index (χ1v) is 8.03. The highest BCUT2D eigenvalue weighted by Gasteiger charge is 2.29. The number of aldehydes is 1. The van der Waals surface area contributed by atoms with Crippen molar-refractivity contribution in [3.63, 3.8) is 0 Å². The Morgan fingerprint density at radius 3 is 2.60 bits per heavy atom. The Labute approximate surface area is 118 Å². The predicted octanol–water partition coefficient (Wildman–Crippen LogP) is 2.00.